The molecule has 1 atom stereocenters. The van der Waals surface area contributed by atoms with E-state index in [4.69, 9.17) is 5.14 Å². The summed E-state index contributed by atoms with van der Waals surface area (Å²) in [5.41, 5.74) is 5.20. The molecule has 1 aliphatic rings. The molecule has 4 N–H and O–H groups in total. The molecular weight excluding hydrogens is 609 g/mol. The Labute approximate surface area is 258 Å². The third-order valence-electron chi connectivity index (χ3n) is 7.40. The molecule has 45 heavy (non-hydrogen) atoms. The van der Waals surface area contributed by atoms with Crippen molar-refractivity contribution in [2.45, 2.75) is 62.4 Å². The maximum absolute atomic E-state index is 12.5. The van der Waals surface area contributed by atoms with Crippen LogP contribution in [0.15, 0.2) is 65.7 Å². The molecule has 1 aliphatic carbocycles. The molecule has 5 aromatic rings. The van der Waals surface area contributed by atoms with Crippen LogP contribution in [0.5, 0.6) is 5.75 Å². The third kappa shape index (κ3) is 7.54. The zero-order valence-electron chi connectivity index (χ0n) is 23.9. The molecule has 15 heteroatoms. The molecule has 3 heterocycles. The quantitative estimate of drug-likeness (QED) is 0.164. The Balaban J connectivity index is 1.04. The van der Waals surface area contributed by atoms with Gasteiger partial charge in [-0.15, -0.1) is 23.4 Å². The SMILES string of the molecule is NS(=O)c1cccc(-c2c(C3CC3)[nH]c3nnc(CCCCn4cc(C(=O)NCc5cccc(OC(F)(F)F)c5)nn4)cc23)c1. The number of halogens is 3. The van der Waals surface area contributed by atoms with E-state index in [1.54, 1.807) is 16.8 Å². The fourth-order valence-electron chi connectivity index (χ4n) is 5.16. The van der Waals surface area contributed by atoms with Gasteiger partial charge >= 0.3 is 6.36 Å². The second-order valence-corrected chi connectivity index (χ2v) is 11.9. The van der Waals surface area contributed by atoms with Crippen LogP contribution >= 0.6 is 0 Å². The molecule has 6 rings (SSSR count). The number of nitrogens with two attached hydrogens (primary N) is 1. The van der Waals surface area contributed by atoms with Crippen molar-refractivity contribution in [3.63, 3.8) is 0 Å². The number of ether oxygens (including phenoxy) is 1. The Kier molecular flexibility index (Phi) is 8.63. The summed E-state index contributed by atoms with van der Waals surface area (Å²) in [4.78, 5) is 16.5. The molecule has 2 aromatic carbocycles. The highest BCUT2D eigenvalue weighted by Gasteiger charge is 2.31. The van der Waals surface area contributed by atoms with Crippen molar-refractivity contribution in [3.05, 3.63) is 83.4 Å². The van der Waals surface area contributed by atoms with Crippen molar-refractivity contribution in [1.82, 2.24) is 35.5 Å². The second-order valence-electron chi connectivity index (χ2n) is 10.8. The lowest BCUT2D eigenvalue weighted by Gasteiger charge is -2.10. The number of carbonyl (C=O) groups excluding carboxylic acids is 1. The van der Waals surface area contributed by atoms with Crippen LogP contribution in [0.3, 0.4) is 0 Å². The number of nitrogens with one attached hydrogen (secondary N) is 2. The van der Waals surface area contributed by atoms with Gasteiger partial charge in [-0.25, -0.2) is 9.35 Å². The van der Waals surface area contributed by atoms with E-state index in [9.17, 15) is 22.2 Å². The molecule has 1 unspecified atom stereocenters. The van der Waals surface area contributed by atoms with E-state index in [0.29, 0.717) is 35.0 Å². The van der Waals surface area contributed by atoms with Crippen LogP contribution < -0.4 is 15.2 Å². The lowest BCUT2D eigenvalue weighted by atomic mass is 10.00. The van der Waals surface area contributed by atoms with Crippen molar-refractivity contribution in [2.24, 2.45) is 5.14 Å². The highest BCUT2D eigenvalue weighted by molar-refractivity contribution is 7.82. The first kappa shape index (κ1) is 30.4. The van der Waals surface area contributed by atoms with Crippen LogP contribution in [0.2, 0.25) is 0 Å². The summed E-state index contributed by atoms with van der Waals surface area (Å²) in [6.07, 6.45) is 1.14. The smallest absolute Gasteiger partial charge is 0.406 e. The van der Waals surface area contributed by atoms with Gasteiger partial charge in [-0.3, -0.25) is 9.48 Å². The minimum Gasteiger partial charge on any atom is -0.406 e. The summed E-state index contributed by atoms with van der Waals surface area (Å²) < 4.78 is 54.8. The van der Waals surface area contributed by atoms with Crippen molar-refractivity contribution >= 4 is 27.9 Å². The number of aryl methyl sites for hydroxylation is 2. The monoisotopic (exact) mass is 638 g/mol. The molecule has 1 amide bonds. The molecule has 0 aliphatic heterocycles. The number of fused-ring (bicyclic) bond motifs is 1. The Morgan fingerprint density at radius 2 is 1.91 bits per heavy atom. The molecule has 0 radical (unpaired) electrons. The lowest BCUT2D eigenvalue weighted by molar-refractivity contribution is -0.274. The number of aromatic amines is 1. The zero-order valence-corrected chi connectivity index (χ0v) is 24.7. The number of H-pyrrole nitrogens is 1. The van der Waals surface area contributed by atoms with E-state index >= 15 is 0 Å². The summed E-state index contributed by atoms with van der Waals surface area (Å²) in [6, 6.07) is 14.9. The number of hydrogen-bond donors (Lipinski definition) is 3. The molecule has 3 aromatic heterocycles. The van der Waals surface area contributed by atoms with Crippen LogP contribution in [0.25, 0.3) is 22.2 Å². The maximum atomic E-state index is 12.5. The van der Waals surface area contributed by atoms with Crippen LogP contribution in [0.1, 0.15) is 59.0 Å². The average molecular weight is 639 g/mol. The predicted octanol–water partition coefficient (Wildman–Crippen LogP) is 4.93. The average Bonchev–Trinajstić information content (AvgIpc) is 3.62. The Morgan fingerprint density at radius 3 is 2.69 bits per heavy atom. The number of alkyl halides is 3. The minimum atomic E-state index is -4.80. The fraction of sp³-hybridized carbons (Fsp3) is 0.300. The van der Waals surface area contributed by atoms with Crippen molar-refractivity contribution in [3.8, 4) is 16.9 Å². The number of nitrogens with zero attached hydrogens (tertiary/aromatic N) is 5. The summed E-state index contributed by atoms with van der Waals surface area (Å²) in [6.45, 7) is 0.520. The van der Waals surface area contributed by atoms with Gasteiger partial charge in [-0.05, 0) is 79.5 Å². The first-order valence-electron chi connectivity index (χ1n) is 14.3. The van der Waals surface area contributed by atoms with Crippen molar-refractivity contribution in [1.29, 1.82) is 0 Å². The number of carbonyl (C=O) groups is 1. The molecule has 1 fully saturated rings. The van der Waals surface area contributed by atoms with Gasteiger partial charge in [0.25, 0.3) is 5.91 Å². The van der Waals surface area contributed by atoms with E-state index in [2.05, 4.69) is 41.6 Å². The van der Waals surface area contributed by atoms with Gasteiger partial charge in [0, 0.05) is 29.7 Å². The Hall–Kier alpha value is -4.63. The number of amides is 1. The Bertz CT molecular complexity index is 1870. The topological polar surface area (TPSA) is 154 Å². The van der Waals surface area contributed by atoms with Crippen LogP contribution in [-0.2, 0) is 30.5 Å². The molecule has 11 nitrogen and oxygen atoms in total. The van der Waals surface area contributed by atoms with Crippen LogP contribution in [0, 0.1) is 0 Å². The summed E-state index contributed by atoms with van der Waals surface area (Å²) >= 11 is 0. The summed E-state index contributed by atoms with van der Waals surface area (Å²) in [5.74, 6) is -0.426. The first-order chi connectivity index (χ1) is 21.6. The van der Waals surface area contributed by atoms with Gasteiger partial charge in [0.15, 0.2) is 11.3 Å². The molecule has 0 saturated heterocycles. The standard InChI is InChI=1S/C30H29F3N8O3S/c31-30(32,33)44-22-8-3-5-18(13-22)16-35-29(42)25-17-41(40-38-25)12-2-1-7-21-15-24-26(20-6-4-9-23(14-20)45(34)43)27(19-10-11-19)36-28(24)39-37-21/h3-6,8-9,13-15,17,19H,1-2,7,10-12,16,34H2,(H,35,42)(H,36,39). The lowest BCUT2D eigenvalue weighted by Crippen LogP contribution is -2.23. The van der Waals surface area contributed by atoms with E-state index in [1.807, 2.05) is 18.2 Å². The number of unbranched alkanes of at least 4 members (excludes halogenated alkanes) is 1. The van der Waals surface area contributed by atoms with E-state index < -0.39 is 23.3 Å². The van der Waals surface area contributed by atoms with Gasteiger partial charge in [-0.1, -0.05) is 29.5 Å². The third-order valence-corrected chi connectivity index (χ3v) is 8.12. The molecule has 0 spiro atoms. The van der Waals surface area contributed by atoms with Gasteiger partial charge in [0.2, 0.25) is 0 Å². The minimum absolute atomic E-state index is 0.00486. The van der Waals surface area contributed by atoms with Gasteiger partial charge in [-0.2, -0.15) is 5.10 Å². The van der Waals surface area contributed by atoms with Crippen molar-refractivity contribution < 1.29 is 26.9 Å². The van der Waals surface area contributed by atoms with Gasteiger partial charge in [0.05, 0.1) is 16.8 Å². The predicted molar refractivity (Wildman–Crippen MR) is 159 cm³/mol. The Morgan fingerprint density at radius 1 is 1.09 bits per heavy atom. The molecular formula is C30H29F3N8O3S. The maximum Gasteiger partial charge on any atom is 0.573 e. The van der Waals surface area contributed by atoms with Gasteiger partial charge < -0.3 is 15.0 Å². The van der Waals surface area contributed by atoms with Gasteiger partial charge in [0.1, 0.15) is 16.7 Å². The molecule has 0 bridgehead atoms. The number of hydrogen-bond acceptors (Lipinski definition) is 7. The summed E-state index contributed by atoms with van der Waals surface area (Å²) in [5, 5.41) is 26.1. The largest absolute Gasteiger partial charge is 0.573 e. The molecule has 234 valence electrons. The van der Waals surface area contributed by atoms with E-state index in [-0.39, 0.29) is 18.0 Å². The number of aromatic nitrogens is 6. The van der Waals surface area contributed by atoms with Crippen LogP contribution in [0.4, 0.5) is 13.2 Å². The second kappa shape index (κ2) is 12.8. The van der Waals surface area contributed by atoms with Crippen LogP contribution in [-0.4, -0.2) is 46.7 Å². The van der Waals surface area contributed by atoms with E-state index in [0.717, 1.165) is 53.6 Å². The zero-order chi connectivity index (χ0) is 31.6. The first-order valence-corrected chi connectivity index (χ1v) is 15.5. The summed E-state index contributed by atoms with van der Waals surface area (Å²) in [7, 11) is -1.58. The normalized spacial score (nSPS) is 14.0. The fourth-order valence-corrected chi connectivity index (χ4v) is 5.61. The highest BCUT2D eigenvalue weighted by atomic mass is 32.2. The number of rotatable bonds is 12. The highest BCUT2D eigenvalue weighted by Crippen LogP contribution is 2.46. The number of benzene rings is 2. The van der Waals surface area contributed by atoms with Crippen molar-refractivity contribution in [2.75, 3.05) is 0 Å². The molecule has 1 saturated carbocycles. The van der Waals surface area contributed by atoms with E-state index in [1.165, 1.54) is 24.4 Å².